The number of hydrogen-bond acceptors (Lipinski definition) is 11. The number of benzene rings is 1. The molecule has 0 spiro atoms. The Bertz CT molecular complexity index is 1380. The van der Waals surface area contributed by atoms with Crippen LogP contribution in [0.5, 0.6) is 17.2 Å². The Morgan fingerprint density at radius 3 is 2.02 bits per heavy atom. The summed E-state index contributed by atoms with van der Waals surface area (Å²) in [5.41, 5.74) is 2.87. The molecule has 1 aromatic carbocycles. The van der Waals surface area contributed by atoms with Crippen LogP contribution in [0.4, 0.5) is 0 Å². The highest BCUT2D eigenvalue weighted by Gasteiger charge is 2.64. The van der Waals surface area contributed by atoms with Gasteiger partial charge in [0.15, 0.2) is 23.0 Å². The molecule has 1 aliphatic carbocycles. The molecule has 6 atom stereocenters. The Labute approximate surface area is 245 Å². The first kappa shape index (κ1) is 29.6. The maximum atomic E-state index is 14.9. The second-order valence-corrected chi connectivity index (χ2v) is 10.8. The molecule has 0 N–H and O–H groups in total. The number of likely N-dealkylation sites (N-methyl/N-ethyl adjacent to an activating group) is 1. The SMILES string of the molecule is COC1=C(OC)C2C(C(=O)C3[C@H]4c5c(c(OC)c(C)c(OC)c5OC)C[C@@H](C(=O)N3[C@H]2COC=O)N4C)C(OC)=C1C. The number of piperazine rings is 1. The van der Waals surface area contributed by atoms with Gasteiger partial charge in [-0.3, -0.25) is 19.3 Å². The highest BCUT2D eigenvalue weighted by Crippen LogP contribution is 2.57. The van der Waals surface area contributed by atoms with Gasteiger partial charge in [0.1, 0.15) is 29.9 Å². The molecular weight excluding hydrogens is 548 g/mol. The molecule has 4 aliphatic rings. The number of fused-ring (bicyclic) bond motifs is 7. The third-order valence-electron chi connectivity index (χ3n) is 9.33. The third-order valence-corrected chi connectivity index (χ3v) is 9.33. The van der Waals surface area contributed by atoms with Crippen LogP contribution in [0.1, 0.15) is 29.7 Å². The van der Waals surface area contributed by atoms with Crippen molar-refractivity contribution in [3.8, 4) is 17.2 Å². The molecule has 0 radical (unpaired) electrons. The molecule has 2 bridgehead atoms. The zero-order valence-electron chi connectivity index (χ0n) is 25.4. The second kappa shape index (κ2) is 11.0. The zero-order chi connectivity index (χ0) is 30.6. The summed E-state index contributed by atoms with van der Waals surface area (Å²) >= 11 is 0. The predicted molar refractivity (Wildman–Crippen MR) is 148 cm³/mol. The summed E-state index contributed by atoms with van der Waals surface area (Å²) in [4.78, 5) is 44.4. The largest absolute Gasteiger partial charge is 0.500 e. The van der Waals surface area contributed by atoms with Crippen LogP contribution >= 0.6 is 0 Å². The van der Waals surface area contributed by atoms with E-state index in [0.717, 1.165) is 16.7 Å². The summed E-state index contributed by atoms with van der Waals surface area (Å²) in [7, 11) is 11.0. The van der Waals surface area contributed by atoms with Gasteiger partial charge in [0.2, 0.25) is 5.91 Å². The number of ketones is 1. The summed E-state index contributed by atoms with van der Waals surface area (Å²) < 4.78 is 40.3. The second-order valence-electron chi connectivity index (χ2n) is 10.8. The van der Waals surface area contributed by atoms with Crippen LogP contribution < -0.4 is 14.2 Å². The maximum absolute atomic E-state index is 14.9. The van der Waals surface area contributed by atoms with Crippen molar-refractivity contribution in [3.05, 3.63) is 39.5 Å². The van der Waals surface area contributed by atoms with E-state index in [4.69, 9.17) is 33.2 Å². The Morgan fingerprint density at radius 2 is 1.48 bits per heavy atom. The van der Waals surface area contributed by atoms with E-state index in [-0.39, 0.29) is 18.3 Å². The Balaban J connectivity index is 1.82. The number of nitrogens with zero attached hydrogens (tertiary/aromatic N) is 2. The lowest BCUT2D eigenvalue weighted by atomic mass is 9.65. The van der Waals surface area contributed by atoms with E-state index in [1.54, 1.807) is 33.2 Å². The van der Waals surface area contributed by atoms with E-state index in [1.165, 1.54) is 21.3 Å². The van der Waals surface area contributed by atoms with E-state index in [0.29, 0.717) is 53.0 Å². The van der Waals surface area contributed by atoms with E-state index >= 15 is 0 Å². The van der Waals surface area contributed by atoms with E-state index < -0.39 is 36.0 Å². The van der Waals surface area contributed by atoms with Gasteiger partial charge in [0.25, 0.3) is 6.47 Å². The third kappa shape index (κ3) is 3.80. The van der Waals surface area contributed by atoms with Gasteiger partial charge >= 0.3 is 0 Å². The minimum absolute atomic E-state index is 0.159. The molecule has 12 nitrogen and oxygen atoms in total. The smallest absolute Gasteiger partial charge is 0.293 e. The number of carbonyl (C=O) groups is 3. The molecule has 3 heterocycles. The molecular formula is C30H38N2O10. The maximum Gasteiger partial charge on any atom is 0.293 e. The van der Waals surface area contributed by atoms with Gasteiger partial charge in [-0.2, -0.15) is 0 Å². The summed E-state index contributed by atoms with van der Waals surface area (Å²) in [5.74, 6) is 0.727. The van der Waals surface area contributed by atoms with E-state index in [9.17, 15) is 14.4 Å². The van der Waals surface area contributed by atoms with Crippen LogP contribution in [-0.4, -0.2) is 102 Å². The van der Waals surface area contributed by atoms with Crippen LogP contribution in [-0.2, 0) is 39.8 Å². The lowest BCUT2D eigenvalue weighted by Gasteiger charge is -2.59. The molecule has 228 valence electrons. The highest BCUT2D eigenvalue weighted by molar-refractivity contribution is 5.99. The zero-order valence-corrected chi connectivity index (χ0v) is 25.4. The van der Waals surface area contributed by atoms with Crippen molar-refractivity contribution in [1.82, 2.24) is 9.80 Å². The number of ether oxygens (including phenoxy) is 7. The van der Waals surface area contributed by atoms with Crippen molar-refractivity contribution in [2.75, 3.05) is 56.3 Å². The number of piperidine rings is 1. The first-order valence-electron chi connectivity index (χ1n) is 13.7. The predicted octanol–water partition coefficient (Wildman–Crippen LogP) is 1.92. The number of rotatable bonds is 9. The number of carbonyl (C=O) groups excluding carboxylic acids is 3. The molecule has 42 heavy (non-hydrogen) atoms. The summed E-state index contributed by atoms with van der Waals surface area (Å²) in [6.07, 6.45) is 0.316. The van der Waals surface area contributed by atoms with Crippen molar-refractivity contribution >= 4 is 18.2 Å². The highest BCUT2D eigenvalue weighted by atomic mass is 16.5. The van der Waals surface area contributed by atoms with Crippen LogP contribution in [0, 0.1) is 18.8 Å². The van der Waals surface area contributed by atoms with Crippen LogP contribution in [0.15, 0.2) is 22.9 Å². The molecule has 2 fully saturated rings. The summed E-state index contributed by atoms with van der Waals surface area (Å²) in [5, 5.41) is 0. The first-order valence-corrected chi connectivity index (χ1v) is 13.7. The monoisotopic (exact) mass is 586 g/mol. The topological polar surface area (TPSA) is 122 Å². The van der Waals surface area contributed by atoms with Crippen LogP contribution in [0.3, 0.4) is 0 Å². The number of hydrogen-bond donors (Lipinski definition) is 0. The molecule has 3 aliphatic heterocycles. The fourth-order valence-electron chi connectivity index (χ4n) is 7.76. The summed E-state index contributed by atoms with van der Waals surface area (Å²) in [6.45, 7) is 3.86. The molecule has 5 rings (SSSR count). The van der Waals surface area contributed by atoms with Crippen molar-refractivity contribution < 1.29 is 47.5 Å². The fourth-order valence-corrected chi connectivity index (χ4v) is 7.76. The molecule has 3 unspecified atom stereocenters. The molecule has 1 amide bonds. The summed E-state index contributed by atoms with van der Waals surface area (Å²) in [6, 6.07) is -2.98. The number of allylic oxidation sites excluding steroid dienone is 2. The minimum atomic E-state index is -0.981. The van der Waals surface area contributed by atoms with Crippen molar-refractivity contribution in [1.29, 1.82) is 0 Å². The number of amides is 1. The van der Waals surface area contributed by atoms with Gasteiger partial charge in [-0.15, -0.1) is 0 Å². The van der Waals surface area contributed by atoms with Gasteiger partial charge in [-0.05, 0) is 20.9 Å². The molecule has 12 heteroatoms. The number of Topliss-reactive ketones (excluding diaryl/α,β-unsaturated/α-hetero) is 1. The molecule has 1 aromatic rings. The fraction of sp³-hybridized carbons (Fsp3) is 0.567. The average molecular weight is 587 g/mol. The van der Waals surface area contributed by atoms with Gasteiger partial charge in [0.05, 0.1) is 72.6 Å². The van der Waals surface area contributed by atoms with Gasteiger partial charge in [-0.1, -0.05) is 0 Å². The van der Waals surface area contributed by atoms with Crippen LogP contribution in [0.2, 0.25) is 0 Å². The Kier molecular flexibility index (Phi) is 7.78. The Morgan fingerprint density at radius 1 is 0.833 bits per heavy atom. The lowest BCUT2D eigenvalue weighted by Crippen LogP contribution is -2.74. The molecule has 2 saturated heterocycles. The van der Waals surface area contributed by atoms with Gasteiger partial charge < -0.3 is 38.1 Å². The minimum Gasteiger partial charge on any atom is -0.500 e. The average Bonchev–Trinajstić information content (AvgIpc) is 2.98. The van der Waals surface area contributed by atoms with Crippen molar-refractivity contribution in [2.24, 2.45) is 11.8 Å². The van der Waals surface area contributed by atoms with E-state index in [1.807, 2.05) is 18.9 Å². The molecule has 0 saturated carbocycles. The van der Waals surface area contributed by atoms with E-state index in [2.05, 4.69) is 0 Å². The van der Waals surface area contributed by atoms with Crippen molar-refractivity contribution in [2.45, 2.75) is 44.4 Å². The molecule has 0 aromatic heterocycles. The standard InChI is InChI=1S/C30H38N2O10/c1-13-24(36-4)15-10-16-30(35)32-17(11-42-12-33)19-20(25(37-5)14(2)27(39-7)29(19)41-9)23(34)22(32)21(31(16)3)18(15)28(40-8)26(13)38-6/h12,16-17,19-22H,10-11H2,1-9H3/t16-,17-,19?,20?,21+,22?/m0/s1. The van der Waals surface area contributed by atoms with Gasteiger partial charge in [-0.25, -0.2) is 0 Å². The normalized spacial score (nSPS) is 28.5. The van der Waals surface area contributed by atoms with Crippen molar-refractivity contribution in [3.63, 3.8) is 0 Å². The quantitative estimate of drug-likeness (QED) is 0.395. The Hall–Kier alpha value is -3.93. The number of methoxy groups -OCH3 is 6. The van der Waals surface area contributed by atoms with Gasteiger partial charge in [0, 0.05) is 28.7 Å². The lowest BCUT2D eigenvalue weighted by molar-refractivity contribution is -0.176. The van der Waals surface area contributed by atoms with Crippen LogP contribution in [0.25, 0.3) is 0 Å². The first-order chi connectivity index (χ1) is 20.2.